The van der Waals surface area contributed by atoms with Gasteiger partial charge in [-0.3, -0.25) is 23.4 Å². The minimum atomic E-state index is -4.69. The van der Waals surface area contributed by atoms with Crippen LogP contribution in [0.4, 0.5) is 0 Å². The van der Waals surface area contributed by atoms with Crippen molar-refractivity contribution in [2.75, 3.05) is 26.4 Å². The maximum absolute atomic E-state index is 12.7. The Morgan fingerprint density at radius 2 is 1.36 bits per heavy atom. The van der Waals surface area contributed by atoms with Crippen molar-refractivity contribution >= 4 is 25.5 Å². The van der Waals surface area contributed by atoms with Gasteiger partial charge in [-0.1, -0.05) is 121 Å². The zero-order valence-electron chi connectivity index (χ0n) is 35.5. The molecule has 13 nitrogen and oxygen atoms in total. The van der Waals surface area contributed by atoms with E-state index in [4.69, 9.17) is 19.1 Å². The first-order valence-electron chi connectivity index (χ1n) is 22.0. The van der Waals surface area contributed by atoms with E-state index in [1.807, 2.05) is 0 Å². The molecule has 0 spiro atoms. The Morgan fingerprint density at radius 3 is 2.03 bits per heavy atom. The second kappa shape index (κ2) is 34.5. The Morgan fingerprint density at radius 1 is 0.776 bits per heavy atom. The molecule has 1 unspecified atom stereocenters. The fraction of sp³-hybridized carbons (Fsp3) is 0.795. The molecule has 0 aliphatic heterocycles. The molecule has 1 saturated carbocycles. The second-order valence-corrected chi connectivity index (χ2v) is 16.9. The van der Waals surface area contributed by atoms with Crippen molar-refractivity contribution in [3.63, 3.8) is 0 Å². The van der Waals surface area contributed by atoms with E-state index in [0.29, 0.717) is 32.1 Å². The van der Waals surface area contributed by atoms with Crippen molar-refractivity contribution in [3.05, 3.63) is 36.5 Å². The molecule has 0 radical (unpaired) electrons. The van der Waals surface area contributed by atoms with E-state index in [-0.39, 0.29) is 36.9 Å². The van der Waals surface area contributed by atoms with Gasteiger partial charge in [0.1, 0.15) is 18.5 Å². The third-order valence-corrected chi connectivity index (χ3v) is 11.1. The smallest absolute Gasteiger partial charge is 0.462 e. The first-order chi connectivity index (χ1) is 27.9. The van der Waals surface area contributed by atoms with Crippen LogP contribution in [0, 0.1) is 11.8 Å². The number of aliphatic hydroxyl groups excluding tert-OH is 4. The first kappa shape index (κ1) is 53.8. The molecule has 5 N–H and O–H groups in total. The number of esters is 2. The van der Waals surface area contributed by atoms with Gasteiger partial charge in [0.05, 0.1) is 32.0 Å². The number of phosphoric ester groups is 1. The summed E-state index contributed by atoms with van der Waals surface area (Å²) >= 11 is 0. The van der Waals surface area contributed by atoms with Gasteiger partial charge in [0, 0.05) is 31.1 Å². The number of ether oxygens (including phenoxy) is 2. The predicted molar refractivity (Wildman–Crippen MR) is 225 cm³/mol. The molecule has 7 atom stereocenters. The molecule has 336 valence electrons. The van der Waals surface area contributed by atoms with E-state index in [0.717, 1.165) is 77.0 Å². The molecule has 0 aromatic carbocycles. The highest BCUT2D eigenvalue weighted by atomic mass is 31.2. The number of hydrogen-bond acceptors (Lipinski definition) is 12. The Balaban J connectivity index is 2.46. The number of unbranched alkanes of at least 4 members (excludes halogenated alkanes) is 13. The summed E-state index contributed by atoms with van der Waals surface area (Å²) in [6.45, 7) is 1.95. The summed E-state index contributed by atoms with van der Waals surface area (Å²) in [5.74, 6) is -1.71. The summed E-state index contributed by atoms with van der Waals surface area (Å²) in [5, 5.41) is 39.1. The largest absolute Gasteiger partial charge is 0.472 e. The van der Waals surface area contributed by atoms with E-state index in [9.17, 15) is 39.2 Å². The highest BCUT2D eigenvalue weighted by Gasteiger charge is 2.39. The molecule has 1 aliphatic rings. The van der Waals surface area contributed by atoms with Gasteiger partial charge < -0.3 is 34.8 Å². The second-order valence-electron chi connectivity index (χ2n) is 15.5. The summed E-state index contributed by atoms with van der Waals surface area (Å²) in [6.07, 6.45) is 27.2. The van der Waals surface area contributed by atoms with Crippen molar-refractivity contribution in [2.24, 2.45) is 11.8 Å². The molecule has 1 fully saturated rings. The van der Waals surface area contributed by atoms with Gasteiger partial charge in [0.2, 0.25) is 0 Å². The minimum Gasteiger partial charge on any atom is -0.462 e. The molecular weight excluding hydrogens is 767 g/mol. The third-order valence-electron chi connectivity index (χ3n) is 10.2. The van der Waals surface area contributed by atoms with E-state index in [2.05, 4.69) is 42.7 Å². The molecule has 58 heavy (non-hydrogen) atoms. The Kier molecular flexibility index (Phi) is 32.0. The quantitative estimate of drug-likeness (QED) is 0.0174. The number of rotatable bonds is 37. The summed E-state index contributed by atoms with van der Waals surface area (Å²) in [7, 11) is -4.69. The van der Waals surface area contributed by atoms with Gasteiger partial charge in [-0.25, -0.2) is 4.57 Å². The Labute approximate surface area is 348 Å². The number of phosphoric acid groups is 1. The molecular formula is C44H77O13P. The normalized spacial score (nSPS) is 19.9. The van der Waals surface area contributed by atoms with Crippen LogP contribution in [0.5, 0.6) is 0 Å². The lowest BCUT2D eigenvalue weighted by Gasteiger charge is -2.20. The molecule has 14 heteroatoms. The van der Waals surface area contributed by atoms with Crippen molar-refractivity contribution in [3.8, 4) is 0 Å². The lowest BCUT2D eigenvalue weighted by atomic mass is 9.88. The van der Waals surface area contributed by atoms with Crippen molar-refractivity contribution in [1.29, 1.82) is 0 Å². The molecule has 1 rings (SSSR count). The summed E-state index contributed by atoms with van der Waals surface area (Å²) < 4.78 is 32.7. The maximum Gasteiger partial charge on any atom is 0.472 e. The molecule has 0 bridgehead atoms. The fourth-order valence-corrected chi connectivity index (χ4v) is 7.47. The number of carbonyl (C=O) groups excluding carboxylic acids is 3. The monoisotopic (exact) mass is 845 g/mol. The molecule has 0 saturated heterocycles. The van der Waals surface area contributed by atoms with Crippen LogP contribution in [0.1, 0.15) is 162 Å². The highest BCUT2D eigenvalue weighted by Crippen LogP contribution is 2.43. The average Bonchev–Trinajstić information content (AvgIpc) is 3.47. The van der Waals surface area contributed by atoms with E-state index in [1.54, 1.807) is 12.2 Å². The zero-order chi connectivity index (χ0) is 42.9. The van der Waals surface area contributed by atoms with Gasteiger partial charge in [-0.15, -0.1) is 0 Å². The van der Waals surface area contributed by atoms with Crippen LogP contribution < -0.4 is 0 Å². The topological polar surface area (TPSA) is 206 Å². The average molecular weight is 845 g/mol. The van der Waals surface area contributed by atoms with Crippen LogP contribution in [-0.4, -0.2) is 93.9 Å². The van der Waals surface area contributed by atoms with Crippen LogP contribution in [0.2, 0.25) is 0 Å². The van der Waals surface area contributed by atoms with Gasteiger partial charge in [0.15, 0.2) is 6.10 Å². The number of Topliss-reactive ketones (excluding diaryl/α,β-unsaturated/α-hetero) is 1. The lowest BCUT2D eigenvalue weighted by Crippen LogP contribution is -2.29. The number of ketones is 1. The van der Waals surface area contributed by atoms with Crippen LogP contribution in [-0.2, 0) is 37.5 Å². The van der Waals surface area contributed by atoms with Crippen LogP contribution in [0.25, 0.3) is 0 Å². The van der Waals surface area contributed by atoms with Crippen LogP contribution in [0.3, 0.4) is 0 Å². The zero-order valence-corrected chi connectivity index (χ0v) is 36.4. The summed E-state index contributed by atoms with van der Waals surface area (Å²) in [5.41, 5.74) is 0. The van der Waals surface area contributed by atoms with Crippen LogP contribution in [0.15, 0.2) is 36.5 Å². The van der Waals surface area contributed by atoms with E-state index < -0.39 is 70.6 Å². The molecule has 1 aliphatic carbocycles. The van der Waals surface area contributed by atoms with E-state index >= 15 is 0 Å². The molecule has 0 aromatic rings. The predicted octanol–water partition coefficient (Wildman–Crippen LogP) is 8.15. The standard InChI is InChI=1S/C44H77O13P/c1-3-5-7-8-9-10-11-12-13-14-15-16-17-18-23-27-43(50)54-34-38(35-56-58(52,53)55-33-37(47)32-45)57-44(51)28-24-20-19-22-26-39-40(42(49)31-41(39)48)30-29-36(46)25-21-6-4-2/h9-10,12-13,29-30,36-40,42,45-47,49H,3-8,11,14-28,31-35H2,1-2H3,(H,52,53)/b10-9-,13-12-,30-29+/t36-,37-,38+,39+,40+,42+/m0/s1. The summed E-state index contributed by atoms with van der Waals surface area (Å²) in [6, 6.07) is 0. The lowest BCUT2D eigenvalue weighted by molar-refractivity contribution is -0.161. The minimum absolute atomic E-state index is 0.0218. The Hall–Kier alpha value is -2.22. The number of aliphatic hydroxyl groups is 4. The van der Waals surface area contributed by atoms with Crippen molar-refractivity contribution < 1.29 is 62.8 Å². The molecule has 0 amide bonds. The Bertz CT molecular complexity index is 1220. The third kappa shape index (κ3) is 28.3. The number of allylic oxidation sites excluding steroid dienone is 4. The van der Waals surface area contributed by atoms with Gasteiger partial charge in [-0.05, 0) is 57.8 Å². The first-order valence-corrected chi connectivity index (χ1v) is 23.5. The number of carbonyl (C=O) groups is 3. The maximum atomic E-state index is 12.7. The highest BCUT2D eigenvalue weighted by molar-refractivity contribution is 7.47. The van der Waals surface area contributed by atoms with Crippen LogP contribution >= 0.6 is 7.82 Å². The van der Waals surface area contributed by atoms with E-state index in [1.165, 1.54) is 19.3 Å². The fourth-order valence-electron chi connectivity index (χ4n) is 6.68. The van der Waals surface area contributed by atoms with Gasteiger partial charge >= 0.3 is 19.8 Å². The number of hydrogen-bond donors (Lipinski definition) is 5. The van der Waals surface area contributed by atoms with Crippen molar-refractivity contribution in [2.45, 2.75) is 186 Å². The SMILES string of the molecule is CCCCC/C=C\C/C=C\CCCCCCCC(=O)OC[C@H](COP(=O)(O)OC[C@@H](O)CO)OC(=O)CCCCCC[C@H]1C(=O)C[C@@H](O)[C@@H]1/C=C/[C@@H](O)CCCCC. The molecule has 0 aromatic heterocycles. The van der Waals surface area contributed by atoms with Gasteiger partial charge in [-0.2, -0.15) is 0 Å². The summed E-state index contributed by atoms with van der Waals surface area (Å²) in [4.78, 5) is 47.8. The van der Waals surface area contributed by atoms with Crippen molar-refractivity contribution in [1.82, 2.24) is 0 Å². The molecule has 0 heterocycles. The van der Waals surface area contributed by atoms with Gasteiger partial charge in [0.25, 0.3) is 0 Å².